The third kappa shape index (κ3) is 4.18. The van der Waals surface area contributed by atoms with Crippen LogP contribution in [0.1, 0.15) is 18.2 Å². The van der Waals surface area contributed by atoms with Gasteiger partial charge in [0.2, 0.25) is 5.91 Å². The van der Waals surface area contributed by atoms with Crippen molar-refractivity contribution >= 4 is 44.8 Å². The number of carbonyl (C=O) groups excluding carboxylic acids is 1. The Morgan fingerprint density at radius 2 is 2.11 bits per heavy atom. The second kappa shape index (κ2) is 7.07. The summed E-state index contributed by atoms with van der Waals surface area (Å²) in [5.74, 6) is 0.223. The molecule has 19 heavy (non-hydrogen) atoms. The number of piperazine rings is 1. The average Bonchev–Trinajstić information content (AvgIpc) is 2.83. The Bertz CT molecular complexity index is 432. The van der Waals surface area contributed by atoms with Crippen molar-refractivity contribution < 1.29 is 4.79 Å². The summed E-state index contributed by atoms with van der Waals surface area (Å²) in [4.78, 5) is 17.6. The van der Waals surface area contributed by atoms with Crippen LogP contribution in [0.4, 0.5) is 0 Å². The Labute approximate surface area is 131 Å². The van der Waals surface area contributed by atoms with Crippen molar-refractivity contribution in [2.45, 2.75) is 24.7 Å². The molecule has 1 aliphatic heterocycles. The molecule has 0 saturated carbocycles. The molecule has 1 aromatic rings. The Morgan fingerprint density at radius 1 is 1.42 bits per heavy atom. The molecule has 3 nitrogen and oxygen atoms in total. The van der Waals surface area contributed by atoms with E-state index in [1.807, 2.05) is 17.9 Å². The van der Waals surface area contributed by atoms with Crippen molar-refractivity contribution in [3.05, 3.63) is 21.3 Å². The highest BCUT2D eigenvalue weighted by Crippen LogP contribution is 2.23. The van der Waals surface area contributed by atoms with Gasteiger partial charge in [-0.15, -0.1) is 11.3 Å². The molecule has 1 amide bonds. The van der Waals surface area contributed by atoms with E-state index < -0.39 is 0 Å². The molecule has 0 aliphatic carbocycles. The SMILES string of the molecule is CCC(Br)C(=O)N1CCN(Cc2ccc(Cl)s2)CC1. The Kier molecular flexibility index (Phi) is 5.69. The molecule has 2 rings (SSSR count). The van der Waals surface area contributed by atoms with Crippen LogP contribution in [0.2, 0.25) is 4.34 Å². The zero-order chi connectivity index (χ0) is 13.8. The minimum atomic E-state index is -0.0323. The predicted molar refractivity (Wildman–Crippen MR) is 84.2 cm³/mol. The van der Waals surface area contributed by atoms with Crippen LogP contribution in [0.5, 0.6) is 0 Å². The fraction of sp³-hybridized carbons (Fsp3) is 0.615. The molecule has 1 fully saturated rings. The van der Waals surface area contributed by atoms with E-state index in [1.54, 1.807) is 11.3 Å². The lowest BCUT2D eigenvalue weighted by Crippen LogP contribution is -2.50. The second-order valence-electron chi connectivity index (χ2n) is 4.68. The van der Waals surface area contributed by atoms with Crippen LogP contribution < -0.4 is 0 Å². The molecule has 0 spiro atoms. The average molecular weight is 366 g/mol. The Morgan fingerprint density at radius 3 is 2.63 bits per heavy atom. The number of hydrogen-bond acceptors (Lipinski definition) is 3. The monoisotopic (exact) mass is 364 g/mol. The van der Waals surface area contributed by atoms with E-state index in [2.05, 4.69) is 26.9 Å². The minimum absolute atomic E-state index is 0.0323. The van der Waals surface area contributed by atoms with Gasteiger partial charge in [0.1, 0.15) is 0 Å². The van der Waals surface area contributed by atoms with Crippen LogP contribution in [0, 0.1) is 0 Å². The Balaban J connectivity index is 1.81. The van der Waals surface area contributed by atoms with Crippen LogP contribution in [0.25, 0.3) is 0 Å². The van der Waals surface area contributed by atoms with Crippen LogP contribution >= 0.6 is 38.9 Å². The van der Waals surface area contributed by atoms with Gasteiger partial charge in [-0.2, -0.15) is 0 Å². The third-order valence-electron chi connectivity index (χ3n) is 3.32. The van der Waals surface area contributed by atoms with E-state index in [1.165, 1.54) is 4.88 Å². The maximum absolute atomic E-state index is 12.0. The van der Waals surface area contributed by atoms with Gasteiger partial charge in [0, 0.05) is 37.6 Å². The molecule has 0 N–H and O–H groups in total. The van der Waals surface area contributed by atoms with Crippen LogP contribution in [-0.4, -0.2) is 46.7 Å². The first-order valence-electron chi connectivity index (χ1n) is 6.49. The number of carbonyl (C=O) groups is 1. The highest BCUT2D eigenvalue weighted by molar-refractivity contribution is 9.10. The van der Waals surface area contributed by atoms with E-state index in [9.17, 15) is 4.79 Å². The molecular formula is C13H18BrClN2OS. The lowest BCUT2D eigenvalue weighted by molar-refractivity contribution is -0.132. The van der Waals surface area contributed by atoms with Crippen LogP contribution in [-0.2, 0) is 11.3 Å². The highest BCUT2D eigenvalue weighted by Gasteiger charge is 2.24. The summed E-state index contributed by atoms with van der Waals surface area (Å²) in [6, 6.07) is 4.02. The van der Waals surface area contributed by atoms with Gasteiger partial charge in [0.15, 0.2) is 0 Å². The highest BCUT2D eigenvalue weighted by atomic mass is 79.9. The lowest BCUT2D eigenvalue weighted by atomic mass is 10.2. The summed E-state index contributed by atoms with van der Waals surface area (Å²) < 4.78 is 0.842. The Hall–Kier alpha value is -0.100. The van der Waals surface area contributed by atoms with Gasteiger partial charge in [-0.25, -0.2) is 0 Å². The maximum Gasteiger partial charge on any atom is 0.236 e. The van der Waals surface area contributed by atoms with Gasteiger partial charge < -0.3 is 4.90 Å². The van der Waals surface area contributed by atoms with E-state index in [4.69, 9.17) is 11.6 Å². The lowest BCUT2D eigenvalue weighted by Gasteiger charge is -2.35. The van der Waals surface area contributed by atoms with Gasteiger partial charge >= 0.3 is 0 Å². The molecule has 0 aromatic carbocycles. The molecule has 0 radical (unpaired) electrons. The normalized spacial score (nSPS) is 18.6. The van der Waals surface area contributed by atoms with Crippen molar-refractivity contribution in [2.75, 3.05) is 26.2 Å². The third-order valence-corrected chi connectivity index (χ3v) is 5.57. The molecule has 106 valence electrons. The van der Waals surface area contributed by atoms with Gasteiger partial charge in [-0.1, -0.05) is 34.5 Å². The fourth-order valence-corrected chi connectivity index (χ4v) is 3.58. The molecule has 1 aliphatic rings. The summed E-state index contributed by atoms with van der Waals surface area (Å²) in [7, 11) is 0. The number of hydrogen-bond donors (Lipinski definition) is 0. The molecule has 6 heteroatoms. The predicted octanol–water partition coefficient (Wildman–Crippen LogP) is 3.22. The van der Waals surface area contributed by atoms with Crippen LogP contribution in [0.15, 0.2) is 12.1 Å². The number of halogens is 2. The minimum Gasteiger partial charge on any atom is -0.339 e. The smallest absolute Gasteiger partial charge is 0.236 e. The van der Waals surface area contributed by atoms with Crippen molar-refractivity contribution in [2.24, 2.45) is 0 Å². The standard InChI is InChI=1S/C13H18BrClN2OS/c1-2-11(14)13(18)17-7-5-16(6-8-17)9-10-3-4-12(15)19-10/h3-4,11H,2,5-9H2,1H3. The first kappa shape index (κ1) is 15.3. The molecule has 1 unspecified atom stereocenters. The summed E-state index contributed by atoms with van der Waals surface area (Å²) in [6.07, 6.45) is 0.840. The van der Waals surface area contributed by atoms with Crippen LogP contribution in [0.3, 0.4) is 0 Å². The number of amides is 1. The fourth-order valence-electron chi connectivity index (χ4n) is 2.16. The molecule has 1 saturated heterocycles. The number of alkyl halides is 1. The molecule has 1 aromatic heterocycles. The van der Waals surface area contributed by atoms with Crippen molar-refractivity contribution in [1.82, 2.24) is 9.80 Å². The second-order valence-corrected chi connectivity index (χ2v) is 7.59. The molecule has 0 bridgehead atoms. The van der Waals surface area contributed by atoms with E-state index in [0.29, 0.717) is 0 Å². The quantitative estimate of drug-likeness (QED) is 0.765. The summed E-state index contributed by atoms with van der Waals surface area (Å²) >= 11 is 11.0. The number of rotatable bonds is 4. The zero-order valence-electron chi connectivity index (χ0n) is 10.9. The molecule has 1 atom stereocenters. The molecule has 2 heterocycles. The van der Waals surface area contributed by atoms with Crippen molar-refractivity contribution in [1.29, 1.82) is 0 Å². The van der Waals surface area contributed by atoms with E-state index in [0.717, 1.165) is 43.5 Å². The van der Waals surface area contributed by atoms with Crippen molar-refractivity contribution in [3.8, 4) is 0 Å². The van der Waals surface area contributed by atoms with Gasteiger partial charge in [0.25, 0.3) is 0 Å². The summed E-state index contributed by atoms with van der Waals surface area (Å²) in [6.45, 7) is 6.47. The maximum atomic E-state index is 12.0. The van der Waals surface area contributed by atoms with Crippen molar-refractivity contribution in [3.63, 3.8) is 0 Å². The first-order chi connectivity index (χ1) is 9.10. The largest absolute Gasteiger partial charge is 0.339 e. The van der Waals surface area contributed by atoms with Gasteiger partial charge in [-0.3, -0.25) is 9.69 Å². The number of thiophene rings is 1. The zero-order valence-corrected chi connectivity index (χ0v) is 14.1. The number of nitrogens with zero attached hydrogens (tertiary/aromatic N) is 2. The topological polar surface area (TPSA) is 23.6 Å². The molecular weight excluding hydrogens is 348 g/mol. The first-order valence-corrected chi connectivity index (χ1v) is 8.60. The van der Waals surface area contributed by atoms with Gasteiger partial charge in [-0.05, 0) is 18.6 Å². The van der Waals surface area contributed by atoms with E-state index >= 15 is 0 Å². The summed E-state index contributed by atoms with van der Waals surface area (Å²) in [5, 5.41) is 0. The summed E-state index contributed by atoms with van der Waals surface area (Å²) in [5.41, 5.74) is 0. The van der Waals surface area contributed by atoms with E-state index in [-0.39, 0.29) is 10.7 Å². The van der Waals surface area contributed by atoms with Gasteiger partial charge in [0.05, 0.1) is 9.16 Å².